The van der Waals surface area contributed by atoms with E-state index in [-0.39, 0.29) is 36.1 Å². The van der Waals surface area contributed by atoms with Gasteiger partial charge in [-0.15, -0.1) is 0 Å². The Hall–Kier alpha value is -4.54. The van der Waals surface area contributed by atoms with E-state index in [1.54, 1.807) is 17.2 Å². The summed E-state index contributed by atoms with van der Waals surface area (Å²) < 4.78 is 0. The highest BCUT2D eigenvalue weighted by molar-refractivity contribution is 6.06. The standard InChI is InChI=1S/C27H27N7O4/c35-22(15-29-24(36)16-6-10-34(11-7-16)25(37)21-5-9-30-33-21)31-19-4-3-17-13-27(14-18(17)12-19)20-2-1-8-28-23(20)32-26(27)38/h1-5,8-9,12,16H,6-7,10-11,13-15H2,(H,29,36)(H,30,33)(H,31,35)(H,28,32,38). The second-order valence-electron chi connectivity index (χ2n) is 10.1. The van der Waals surface area contributed by atoms with Gasteiger partial charge in [0.25, 0.3) is 5.91 Å². The van der Waals surface area contributed by atoms with Gasteiger partial charge in [0.2, 0.25) is 17.7 Å². The number of aromatic amines is 1. The van der Waals surface area contributed by atoms with E-state index in [9.17, 15) is 19.2 Å². The average molecular weight is 514 g/mol. The van der Waals surface area contributed by atoms with Gasteiger partial charge in [-0.25, -0.2) is 4.98 Å². The number of carbonyl (C=O) groups excluding carboxylic acids is 4. The molecule has 2 aliphatic heterocycles. The van der Waals surface area contributed by atoms with Crippen molar-refractivity contribution in [3.05, 3.63) is 71.2 Å². The quantitative estimate of drug-likeness (QED) is 0.405. The third-order valence-corrected chi connectivity index (χ3v) is 7.77. The molecule has 1 saturated heterocycles. The molecule has 1 aliphatic carbocycles. The van der Waals surface area contributed by atoms with Gasteiger partial charge in [-0.2, -0.15) is 5.10 Å². The van der Waals surface area contributed by atoms with Gasteiger partial charge in [-0.1, -0.05) is 12.1 Å². The highest BCUT2D eigenvalue weighted by atomic mass is 16.2. The van der Waals surface area contributed by atoms with Gasteiger partial charge in [0.1, 0.15) is 11.5 Å². The van der Waals surface area contributed by atoms with Crippen LogP contribution in [0.1, 0.15) is 40.0 Å². The number of likely N-dealkylation sites (tertiary alicyclic amines) is 1. The number of hydrogen-bond donors (Lipinski definition) is 4. The lowest BCUT2D eigenvalue weighted by atomic mass is 9.79. The molecule has 1 spiro atoms. The SMILES string of the molecule is O=C(CNC(=O)C1CCN(C(=O)c2ccn[nH]2)CC1)Nc1ccc2c(c1)CC1(C2)C(=O)Nc2ncccc21. The Morgan fingerprint density at radius 3 is 2.66 bits per heavy atom. The number of nitrogens with one attached hydrogen (secondary N) is 4. The maximum absolute atomic E-state index is 12.9. The van der Waals surface area contributed by atoms with Crippen LogP contribution in [0, 0.1) is 5.92 Å². The van der Waals surface area contributed by atoms with Crippen molar-refractivity contribution in [2.75, 3.05) is 30.3 Å². The molecule has 4 amide bonds. The highest BCUT2D eigenvalue weighted by Crippen LogP contribution is 2.46. The third kappa shape index (κ3) is 4.19. The summed E-state index contributed by atoms with van der Waals surface area (Å²) in [5, 5.41) is 14.9. The van der Waals surface area contributed by atoms with Crippen LogP contribution in [-0.4, -0.2) is 63.3 Å². The van der Waals surface area contributed by atoms with E-state index >= 15 is 0 Å². The molecule has 0 saturated carbocycles. The monoisotopic (exact) mass is 513 g/mol. The molecule has 1 fully saturated rings. The van der Waals surface area contributed by atoms with Crippen molar-refractivity contribution in [2.24, 2.45) is 5.92 Å². The van der Waals surface area contributed by atoms with Crippen LogP contribution in [0.15, 0.2) is 48.8 Å². The number of nitrogens with zero attached hydrogens (tertiary/aromatic N) is 3. The Morgan fingerprint density at radius 1 is 1.05 bits per heavy atom. The first kappa shape index (κ1) is 23.8. The number of amides is 4. The van der Waals surface area contributed by atoms with Gasteiger partial charge in [-0.05, 0) is 61.1 Å². The Kier molecular flexibility index (Phi) is 5.90. The van der Waals surface area contributed by atoms with Crippen LogP contribution in [0.4, 0.5) is 11.5 Å². The zero-order valence-corrected chi connectivity index (χ0v) is 20.6. The molecule has 3 aliphatic rings. The molecular weight excluding hydrogens is 486 g/mol. The van der Waals surface area contributed by atoms with Crippen LogP contribution in [0.5, 0.6) is 0 Å². The number of piperidine rings is 1. The van der Waals surface area contributed by atoms with Gasteiger partial charge < -0.3 is 20.9 Å². The number of H-pyrrole nitrogens is 1. The summed E-state index contributed by atoms with van der Waals surface area (Å²) in [5.74, 6) is -0.331. The lowest BCUT2D eigenvalue weighted by Gasteiger charge is -2.30. The highest BCUT2D eigenvalue weighted by Gasteiger charge is 2.51. The van der Waals surface area contributed by atoms with Gasteiger partial charge in [-0.3, -0.25) is 24.3 Å². The van der Waals surface area contributed by atoms with Gasteiger partial charge >= 0.3 is 0 Å². The largest absolute Gasteiger partial charge is 0.347 e. The molecule has 1 aromatic carbocycles. The first-order valence-corrected chi connectivity index (χ1v) is 12.7. The molecule has 194 valence electrons. The van der Waals surface area contributed by atoms with E-state index in [4.69, 9.17) is 0 Å². The fourth-order valence-corrected chi connectivity index (χ4v) is 5.75. The number of hydrogen-bond acceptors (Lipinski definition) is 6. The summed E-state index contributed by atoms with van der Waals surface area (Å²) in [4.78, 5) is 56.5. The van der Waals surface area contributed by atoms with E-state index in [1.165, 1.54) is 6.20 Å². The third-order valence-electron chi connectivity index (χ3n) is 7.77. The molecule has 4 heterocycles. The summed E-state index contributed by atoms with van der Waals surface area (Å²) in [7, 11) is 0. The van der Waals surface area contributed by atoms with Crippen LogP contribution in [0.25, 0.3) is 0 Å². The molecule has 38 heavy (non-hydrogen) atoms. The van der Waals surface area contributed by atoms with Crippen molar-refractivity contribution in [1.29, 1.82) is 0 Å². The van der Waals surface area contributed by atoms with Crippen LogP contribution in [-0.2, 0) is 32.6 Å². The molecule has 11 heteroatoms. The van der Waals surface area contributed by atoms with Crippen molar-refractivity contribution in [2.45, 2.75) is 31.1 Å². The topological polar surface area (TPSA) is 149 Å². The van der Waals surface area contributed by atoms with Gasteiger partial charge in [0.15, 0.2) is 0 Å². The van der Waals surface area contributed by atoms with Crippen molar-refractivity contribution >= 4 is 35.1 Å². The minimum atomic E-state index is -0.666. The number of carbonyl (C=O) groups is 4. The van der Waals surface area contributed by atoms with E-state index < -0.39 is 5.41 Å². The summed E-state index contributed by atoms with van der Waals surface area (Å²) >= 11 is 0. The van der Waals surface area contributed by atoms with E-state index in [0.717, 1.165) is 16.7 Å². The second-order valence-corrected chi connectivity index (χ2v) is 10.1. The number of fused-ring (bicyclic) bond motifs is 3. The normalized spacial score (nSPS) is 20.1. The molecule has 1 unspecified atom stereocenters. The zero-order valence-electron chi connectivity index (χ0n) is 20.6. The van der Waals surface area contributed by atoms with Crippen LogP contribution in [0.2, 0.25) is 0 Å². The van der Waals surface area contributed by atoms with Gasteiger partial charge in [0.05, 0.1) is 12.0 Å². The predicted octanol–water partition coefficient (Wildman–Crippen LogP) is 1.40. The fourth-order valence-electron chi connectivity index (χ4n) is 5.75. The predicted molar refractivity (Wildman–Crippen MR) is 137 cm³/mol. The van der Waals surface area contributed by atoms with Gasteiger partial charge in [0, 0.05) is 42.7 Å². The molecule has 1 atom stereocenters. The van der Waals surface area contributed by atoms with Crippen LogP contribution in [0.3, 0.4) is 0 Å². The number of pyridine rings is 1. The number of benzene rings is 1. The Bertz CT molecular complexity index is 1430. The summed E-state index contributed by atoms with van der Waals surface area (Å²) in [6.07, 6.45) is 5.39. The summed E-state index contributed by atoms with van der Waals surface area (Å²) in [6, 6.07) is 11.1. The van der Waals surface area contributed by atoms with E-state index in [1.807, 2.05) is 30.3 Å². The maximum Gasteiger partial charge on any atom is 0.271 e. The molecular formula is C27H27N7O4. The first-order valence-electron chi connectivity index (χ1n) is 12.7. The van der Waals surface area contributed by atoms with Crippen LogP contribution < -0.4 is 16.0 Å². The van der Waals surface area contributed by atoms with Crippen molar-refractivity contribution < 1.29 is 19.2 Å². The van der Waals surface area contributed by atoms with Crippen molar-refractivity contribution in [3.63, 3.8) is 0 Å². The molecule has 0 radical (unpaired) electrons. The van der Waals surface area contributed by atoms with E-state index in [2.05, 4.69) is 31.1 Å². The molecule has 4 N–H and O–H groups in total. The zero-order chi connectivity index (χ0) is 26.3. The number of aromatic nitrogens is 3. The van der Waals surface area contributed by atoms with Crippen molar-refractivity contribution in [1.82, 2.24) is 25.4 Å². The van der Waals surface area contributed by atoms with Crippen LogP contribution >= 0.6 is 0 Å². The fraction of sp³-hybridized carbons (Fsp3) is 0.333. The Labute approximate surface area is 218 Å². The lowest BCUT2D eigenvalue weighted by Crippen LogP contribution is -2.44. The second kappa shape index (κ2) is 9.40. The van der Waals surface area contributed by atoms with E-state index in [0.29, 0.717) is 56.0 Å². The Morgan fingerprint density at radius 2 is 1.87 bits per heavy atom. The lowest BCUT2D eigenvalue weighted by molar-refractivity contribution is -0.128. The Balaban J connectivity index is 1.01. The number of rotatable bonds is 5. The number of anilines is 2. The molecule has 6 rings (SSSR count). The summed E-state index contributed by atoms with van der Waals surface area (Å²) in [5.41, 5.74) is 3.37. The molecule has 0 bridgehead atoms. The summed E-state index contributed by atoms with van der Waals surface area (Å²) in [6.45, 7) is 0.795. The molecule has 11 nitrogen and oxygen atoms in total. The average Bonchev–Trinajstić information content (AvgIpc) is 3.66. The minimum Gasteiger partial charge on any atom is -0.347 e. The maximum atomic E-state index is 12.9. The smallest absolute Gasteiger partial charge is 0.271 e. The van der Waals surface area contributed by atoms with Crippen molar-refractivity contribution in [3.8, 4) is 0 Å². The molecule has 3 aromatic rings. The molecule has 2 aromatic heterocycles. The minimum absolute atomic E-state index is 0.0489. The first-order chi connectivity index (χ1) is 18.4.